The fourth-order valence-electron chi connectivity index (χ4n) is 9.69. The van der Waals surface area contributed by atoms with Crippen LogP contribution in [0.5, 0.6) is 0 Å². The number of ether oxygens (including phenoxy) is 4. The number of nitrogens with zero attached hydrogens (tertiary/aromatic N) is 2. The van der Waals surface area contributed by atoms with Gasteiger partial charge in [-0.2, -0.15) is 0 Å². The summed E-state index contributed by atoms with van der Waals surface area (Å²) in [6.45, 7) is 12.3. The van der Waals surface area contributed by atoms with Gasteiger partial charge in [0.1, 0.15) is 18.3 Å². The van der Waals surface area contributed by atoms with Gasteiger partial charge < -0.3 is 28.7 Å². The van der Waals surface area contributed by atoms with Gasteiger partial charge in [0.25, 0.3) is 0 Å². The maximum Gasteiger partial charge on any atom is 0.410 e. The molecule has 9 nitrogen and oxygen atoms in total. The van der Waals surface area contributed by atoms with Crippen LogP contribution >= 0.6 is 0 Å². The Kier molecular flexibility index (Phi) is 52.0. The Morgan fingerprint density at radius 1 is 0.343 bits per heavy atom. The van der Waals surface area contributed by atoms with Crippen LogP contribution in [-0.4, -0.2) is 93.6 Å². The summed E-state index contributed by atoms with van der Waals surface area (Å²) in [6.07, 6.45) is 48.4. The fourth-order valence-corrected chi connectivity index (χ4v) is 9.69. The molecule has 0 aromatic heterocycles. The van der Waals surface area contributed by atoms with Gasteiger partial charge in [0.15, 0.2) is 0 Å². The van der Waals surface area contributed by atoms with E-state index in [1.54, 1.807) is 7.11 Å². The molecule has 0 unspecified atom stereocenters. The van der Waals surface area contributed by atoms with Gasteiger partial charge in [-0.15, -0.1) is 0 Å². The zero-order chi connectivity index (χ0) is 51.4. The zero-order valence-electron chi connectivity index (χ0n) is 47.9. The normalized spacial score (nSPS) is 11.7. The Morgan fingerprint density at radius 3 is 1.00 bits per heavy atom. The average Bonchev–Trinajstić information content (AvgIpc) is 3.34. The highest BCUT2D eigenvalue weighted by atomic mass is 16.6. The highest BCUT2D eigenvalue weighted by Crippen LogP contribution is 2.22. The minimum Gasteiger partial charge on any atom is -0.462 e. The summed E-state index contributed by atoms with van der Waals surface area (Å²) in [6, 6.07) is 0. The number of carbonyl (C=O) groups is 3. The molecular weight excluding hydrogens is 873 g/mol. The van der Waals surface area contributed by atoms with Crippen molar-refractivity contribution in [2.45, 2.75) is 329 Å². The Morgan fingerprint density at radius 2 is 0.643 bits per heavy atom. The first-order chi connectivity index (χ1) is 34.2. The lowest BCUT2D eigenvalue weighted by Crippen LogP contribution is -2.37. The topological polar surface area (TPSA) is 94.6 Å². The van der Waals surface area contributed by atoms with E-state index >= 15 is 0 Å². The van der Waals surface area contributed by atoms with Crippen LogP contribution in [0.25, 0.3) is 0 Å². The molecule has 9 heteroatoms. The van der Waals surface area contributed by atoms with Crippen molar-refractivity contribution >= 4 is 18.0 Å². The number of unbranched alkanes of at least 4 members (excludes halogenated alkanes) is 28. The third-order valence-corrected chi connectivity index (χ3v) is 14.3. The van der Waals surface area contributed by atoms with Crippen molar-refractivity contribution in [1.29, 1.82) is 0 Å². The molecule has 1 amide bonds. The van der Waals surface area contributed by atoms with Gasteiger partial charge in [0.2, 0.25) is 0 Å². The highest BCUT2D eigenvalue weighted by molar-refractivity contribution is 5.70. The second kappa shape index (κ2) is 53.4. The molecule has 0 fully saturated rings. The molecule has 0 aliphatic carbocycles. The second-order valence-electron chi connectivity index (χ2n) is 21.6. The number of carbonyl (C=O) groups excluding carboxylic acids is 3. The highest BCUT2D eigenvalue weighted by Gasteiger charge is 2.21. The molecule has 0 radical (unpaired) electrons. The molecule has 0 aliphatic rings. The van der Waals surface area contributed by atoms with Crippen molar-refractivity contribution in [3.8, 4) is 0 Å². The van der Waals surface area contributed by atoms with Gasteiger partial charge in [-0.05, 0) is 130 Å². The maximum absolute atomic E-state index is 13.9. The summed E-state index contributed by atoms with van der Waals surface area (Å²) in [7, 11) is 5.97. The predicted octanol–water partition coefficient (Wildman–Crippen LogP) is 18.1. The van der Waals surface area contributed by atoms with Crippen LogP contribution in [0, 0.1) is 0 Å². The van der Waals surface area contributed by atoms with Crippen molar-refractivity contribution < 1.29 is 33.3 Å². The standard InChI is InChI=1S/C61H120N2O7/c1-8-12-16-33-44-56(45-34-17-13-9-2)68-59(64)50-39-29-23-21-27-37-48-58(70-61(66)63(54-43-52-62(5)6)53-41-31-25-20-26-32-42-55-67-7)49-38-28-22-24-30-40-51-60(65)69-57(46-35-18-14-10-3)47-36-19-15-11-4/h56-58H,8-55H2,1-7H3. The summed E-state index contributed by atoms with van der Waals surface area (Å²) < 4.78 is 23.7. The zero-order valence-corrected chi connectivity index (χ0v) is 47.9. The largest absolute Gasteiger partial charge is 0.462 e. The van der Waals surface area contributed by atoms with E-state index in [0.717, 1.165) is 193 Å². The van der Waals surface area contributed by atoms with E-state index in [2.05, 4.69) is 46.7 Å². The number of hydrogen-bond donors (Lipinski definition) is 0. The SMILES string of the molecule is CCCCCCC(CCCCCC)OC(=O)CCCCCCCCC(CCCCCCCCC(=O)OC(CCCCCC)CCCCCC)OC(=O)N(CCCCCCCCCOC)CCCN(C)C. The summed E-state index contributed by atoms with van der Waals surface area (Å²) in [5.74, 6) is -0.00904. The maximum atomic E-state index is 13.9. The third kappa shape index (κ3) is 47.2. The number of hydrogen-bond acceptors (Lipinski definition) is 8. The number of amides is 1. The van der Waals surface area contributed by atoms with Gasteiger partial charge in [-0.3, -0.25) is 9.59 Å². The molecule has 0 aromatic rings. The minimum atomic E-state index is -0.129. The second-order valence-corrected chi connectivity index (χ2v) is 21.6. The van der Waals surface area contributed by atoms with E-state index in [1.807, 2.05) is 4.90 Å². The van der Waals surface area contributed by atoms with Crippen molar-refractivity contribution in [3.63, 3.8) is 0 Å². The van der Waals surface area contributed by atoms with Crippen LogP contribution in [0.3, 0.4) is 0 Å². The lowest BCUT2D eigenvalue weighted by molar-refractivity contribution is -0.151. The van der Waals surface area contributed by atoms with Crippen LogP contribution in [0.4, 0.5) is 4.79 Å². The fraction of sp³-hybridized carbons (Fsp3) is 0.951. The molecule has 0 aliphatic heterocycles. The molecule has 70 heavy (non-hydrogen) atoms. The monoisotopic (exact) mass is 993 g/mol. The molecule has 416 valence electrons. The van der Waals surface area contributed by atoms with E-state index in [0.29, 0.717) is 12.8 Å². The molecule has 0 spiro atoms. The van der Waals surface area contributed by atoms with Gasteiger partial charge in [0, 0.05) is 39.6 Å². The quantitative estimate of drug-likeness (QED) is 0.0338. The van der Waals surface area contributed by atoms with Crippen molar-refractivity contribution in [3.05, 3.63) is 0 Å². The van der Waals surface area contributed by atoms with Crippen LogP contribution < -0.4 is 0 Å². The van der Waals surface area contributed by atoms with E-state index < -0.39 is 0 Å². The molecule has 0 bridgehead atoms. The molecule has 0 heterocycles. The van der Waals surface area contributed by atoms with Gasteiger partial charge in [-0.1, -0.05) is 188 Å². The predicted molar refractivity (Wildman–Crippen MR) is 298 cm³/mol. The van der Waals surface area contributed by atoms with Crippen LogP contribution in [0.1, 0.15) is 310 Å². The molecule has 0 atom stereocenters. The van der Waals surface area contributed by atoms with E-state index in [1.165, 1.54) is 103 Å². The Labute approximate surface area is 435 Å². The van der Waals surface area contributed by atoms with Crippen LogP contribution in [0.15, 0.2) is 0 Å². The lowest BCUT2D eigenvalue weighted by Gasteiger charge is -2.26. The van der Waals surface area contributed by atoms with E-state index in [-0.39, 0.29) is 36.3 Å². The first-order valence-electron chi connectivity index (χ1n) is 30.7. The first-order valence-corrected chi connectivity index (χ1v) is 30.7. The van der Waals surface area contributed by atoms with Gasteiger partial charge in [0.05, 0.1) is 0 Å². The Bertz CT molecular complexity index is 1040. The number of methoxy groups -OCH3 is 1. The third-order valence-electron chi connectivity index (χ3n) is 14.3. The van der Waals surface area contributed by atoms with Crippen molar-refractivity contribution in [1.82, 2.24) is 9.80 Å². The Hall–Kier alpha value is -1.87. The smallest absolute Gasteiger partial charge is 0.410 e. The lowest BCUT2D eigenvalue weighted by atomic mass is 10.0. The summed E-state index contributed by atoms with van der Waals surface area (Å²) in [5, 5.41) is 0. The molecule has 0 aromatic carbocycles. The van der Waals surface area contributed by atoms with Crippen LogP contribution in [0.2, 0.25) is 0 Å². The summed E-state index contributed by atoms with van der Waals surface area (Å²) in [5.41, 5.74) is 0. The van der Waals surface area contributed by atoms with Crippen LogP contribution in [-0.2, 0) is 28.5 Å². The summed E-state index contributed by atoms with van der Waals surface area (Å²) in [4.78, 5) is 43.7. The Balaban J connectivity index is 5.10. The molecule has 0 saturated heterocycles. The van der Waals surface area contributed by atoms with E-state index in [9.17, 15) is 14.4 Å². The molecule has 0 saturated carbocycles. The van der Waals surface area contributed by atoms with E-state index in [4.69, 9.17) is 18.9 Å². The number of rotatable bonds is 55. The van der Waals surface area contributed by atoms with Crippen molar-refractivity contribution in [2.24, 2.45) is 0 Å². The molecule has 0 N–H and O–H groups in total. The molecule has 0 rings (SSSR count). The first kappa shape index (κ1) is 68.1. The van der Waals surface area contributed by atoms with Gasteiger partial charge in [-0.25, -0.2) is 4.79 Å². The van der Waals surface area contributed by atoms with Gasteiger partial charge >= 0.3 is 18.0 Å². The molecular formula is C61H120N2O7. The van der Waals surface area contributed by atoms with Crippen molar-refractivity contribution in [2.75, 3.05) is 47.4 Å². The summed E-state index contributed by atoms with van der Waals surface area (Å²) >= 11 is 0. The average molecular weight is 994 g/mol. The number of esters is 2. The minimum absolute atomic E-state index is 0.00452.